The van der Waals surface area contributed by atoms with Crippen molar-refractivity contribution < 1.29 is 0 Å². The maximum atomic E-state index is 5.52. The first-order chi connectivity index (χ1) is 5.90. The Balaban J connectivity index is 2.19. The maximum absolute atomic E-state index is 5.52. The molecule has 1 aliphatic rings. The molecule has 2 heteroatoms. The summed E-state index contributed by atoms with van der Waals surface area (Å²) in [5.41, 5.74) is 7.96. The molecule has 1 saturated carbocycles. The van der Waals surface area contributed by atoms with Gasteiger partial charge in [-0.3, -0.25) is 4.98 Å². The molecule has 0 unspecified atom stereocenters. The smallest absolute Gasteiger partial charge is 0.0542 e. The number of aromatic nitrogens is 1. The van der Waals surface area contributed by atoms with Crippen LogP contribution in [0.3, 0.4) is 0 Å². The highest BCUT2D eigenvalue weighted by atomic mass is 14.7. The first-order valence-corrected chi connectivity index (χ1v) is 4.55. The molecular weight excluding hydrogens is 148 g/mol. The first kappa shape index (κ1) is 7.74. The van der Waals surface area contributed by atoms with Crippen LogP contribution in [0.4, 0.5) is 0 Å². The molecule has 1 aliphatic carbocycles. The number of hydrogen-bond acceptors (Lipinski definition) is 2. The molecule has 64 valence electrons. The minimum Gasteiger partial charge on any atom is -0.325 e. The molecule has 1 heterocycles. The van der Waals surface area contributed by atoms with Gasteiger partial charge in [0, 0.05) is 12.7 Å². The van der Waals surface area contributed by atoms with Crippen molar-refractivity contribution in [3.63, 3.8) is 0 Å². The standard InChI is InChI=1S/C10H14N2/c11-7-10-6-9(4-5-12-10)8-2-1-3-8/h4-6,8H,1-3,7,11H2. The van der Waals surface area contributed by atoms with E-state index in [1.807, 2.05) is 6.20 Å². The van der Waals surface area contributed by atoms with Crippen molar-refractivity contribution >= 4 is 0 Å². The summed E-state index contributed by atoms with van der Waals surface area (Å²) in [6, 6.07) is 4.26. The molecule has 1 aromatic rings. The van der Waals surface area contributed by atoms with E-state index < -0.39 is 0 Å². The van der Waals surface area contributed by atoms with E-state index in [1.54, 1.807) is 0 Å². The molecule has 1 aromatic heterocycles. The Morgan fingerprint density at radius 3 is 2.92 bits per heavy atom. The van der Waals surface area contributed by atoms with Gasteiger partial charge in [-0.2, -0.15) is 0 Å². The molecule has 0 aliphatic heterocycles. The van der Waals surface area contributed by atoms with Gasteiger partial charge in [-0.1, -0.05) is 6.42 Å². The molecule has 1 fully saturated rings. The van der Waals surface area contributed by atoms with Crippen LogP contribution in [0.25, 0.3) is 0 Å². The molecule has 0 amide bonds. The van der Waals surface area contributed by atoms with Gasteiger partial charge in [-0.15, -0.1) is 0 Å². The summed E-state index contributed by atoms with van der Waals surface area (Å²) in [6.45, 7) is 0.556. The second kappa shape index (κ2) is 3.23. The fraction of sp³-hybridized carbons (Fsp3) is 0.500. The zero-order chi connectivity index (χ0) is 8.39. The lowest BCUT2D eigenvalue weighted by atomic mass is 9.80. The summed E-state index contributed by atoms with van der Waals surface area (Å²) in [5, 5.41) is 0. The second-order valence-corrected chi connectivity index (χ2v) is 3.41. The number of hydrogen-bond donors (Lipinski definition) is 1. The zero-order valence-electron chi connectivity index (χ0n) is 7.16. The predicted molar refractivity (Wildman–Crippen MR) is 48.7 cm³/mol. The number of pyridine rings is 1. The SMILES string of the molecule is NCc1cc(C2CCC2)ccn1. The molecule has 0 aromatic carbocycles. The van der Waals surface area contributed by atoms with Gasteiger partial charge >= 0.3 is 0 Å². The lowest BCUT2D eigenvalue weighted by Gasteiger charge is -2.25. The average Bonchev–Trinajstić information content (AvgIpc) is 2.02. The van der Waals surface area contributed by atoms with Gasteiger partial charge in [0.05, 0.1) is 5.69 Å². The van der Waals surface area contributed by atoms with Crippen LogP contribution in [-0.4, -0.2) is 4.98 Å². The third-order valence-corrected chi connectivity index (χ3v) is 2.63. The third kappa shape index (κ3) is 1.34. The van der Waals surface area contributed by atoms with Crippen molar-refractivity contribution in [2.45, 2.75) is 31.7 Å². The van der Waals surface area contributed by atoms with E-state index in [-0.39, 0.29) is 0 Å². The van der Waals surface area contributed by atoms with Gasteiger partial charge in [0.15, 0.2) is 0 Å². The van der Waals surface area contributed by atoms with Crippen molar-refractivity contribution in [2.75, 3.05) is 0 Å². The number of rotatable bonds is 2. The number of nitrogens with two attached hydrogens (primary N) is 1. The Labute approximate surface area is 72.8 Å². The van der Waals surface area contributed by atoms with Crippen LogP contribution in [0.2, 0.25) is 0 Å². The zero-order valence-corrected chi connectivity index (χ0v) is 7.16. The van der Waals surface area contributed by atoms with Gasteiger partial charge in [0.25, 0.3) is 0 Å². The molecule has 2 rings (SSSR count). The van der Waals surface area contributed by atoms with Gasteiger partial charge in [0.1, 0.15) is 0 Å². The van der Waals surface area contributed by atoms with Crippen LogP contribution in [0.15, 0.2) is 18.3 Å². The van der Waals surface area contributed by atoms with Gasteiger partial charge in [-0.25, -0.2) is 0 Å². The predicted octanol–water partition coefficient (Wildman–Crippen LogP) is 1.81. The summed E-state index contributed by atoms with van der Waals surface area (Å²) in [6.07, 6.45) is 5.93. The van der Waals surface area contributed by atoms with Crippen LogP contribution in [0, 0.1) is 0 Å². The minimum atomic E-state index is 0.556. The van der Waals surface area contributed by atoms with Gasteiger partial charge in [-0.05, 0) is 36.5 Å². The van der Waals surface area contributed by atoms with E-state index in [0.717, 1.165) is 11.6 Å². The highest BCUT2D eigenvalue weighted by molar-refractivity contribution is 5.22. The topological polar surface area (TPSA) is 38.9 Å². The molecule has 0 atom stereocenters. The van der Waals surface area contributed by atoms with E-state index in [9.17, 15) is 0 Å². The van der Waals surface area contributed by atoms with Crippen LogP contribution in [0.5, 0.6) is 0 Å². The summed E-state index contributed by atoms with van der Waals surface area (Å²) >= 11 is 0. The summed E-state index contributed by atoms with van der Waals surface area (Å²) < 4.78 is 0. The average molecular weight is 162 g/mol. The molecular formula is C10H14N2. The van der Waals surface area contributed by atoms with E-state index in [1.165, 1.54) is 24.8 Å². The van der Waals surface area contributed by atoms with Crippen LogP contribution < -0.4 is 5.73 Å². The van der Waals surface area contributed by atoms with Crippen LogP contribution in [-0.2, 0) is 6.54 Å². The Hall–Kier alpha value is -0.890. The van der Waals surface area contributed by atoms with Gasteiger partial charge < -0.3 is 5.73 Å². The Bertz CT molecular complexity index is 266. The van der Waals surface area contributed by atoms with E-state index in [2.05, 4.69) is 17.1 Å². The monoisotopic (exact) mass is 162 g/mol. The molecule has 2 N–H and O–H groups in total. The Morgan fingerprint density at radius 1 is 1.50 bits per heavy atom. The lowest BCUT2D eigenvalue weighted by molar-refractivity contribution is 0.419. The van der Waals surface area contributed by atoms with E-state index in [0.29, 0.717) is 6.54 Å². The fourth-order valence-corrected chi connectivity index (χ4v) is 1.60. The summed E-state index contributed by atoms with van der Waals surface area (Å²) in [4.78, 5) is 4.17. The van der Waals surface area contributed by atoms with Crippen molar-refractivity contribution in [1.82, 2.24) is 4.98 Å². The molecule has 12 heavy (non-hydrogen) atoms. The molecule has 0 spiro atoms. The summed E-state index contributed by atoms with van der Waals surface area (Å²) in [5.74, 6) is 0.790. The maximum Gasteiger partial charge on any atom is 0.0542 e. The van der Waals surface area contributed by atoms with Crippen molar-refractivity contribution in [2.24, 2.45) is 5.73 Å². The molecule has 2 nitrogen and oxygen atoms in total. The van der Waals surface area contributed by atoms with Gasteiger partial charge in [0.2, 0.25) is 0 Å². The first-order valence-electron chi connectivity index (χ1n) is 4.55. The van der Waals surface area contributed by atoms with Crippen LogP contribution in [0.1, 0.15) is 36.4 Å². The normalized spacial score (nSPS) is 17.4. The largest absolute Gasteiger partial charge is 0.325 e. The molecule has 0 radical (unpaired) electrons. The lowest BCUT2D eigenvalue weighted by Crippen LogP contribution is -2.10. The highest BCUT2D eigenvalue weighted by Gasteiger charge is 2.19. The number of nitrogens with zero attached hydrogens (tertiary/aromatic N) is 1. The van der Waals surface area contributed by atoms with E-state index in [4.69, 9.17) is 5.73 Å². The fourth-order valence-electron chi connectivity index (χ4n) is 1.60. The third-order valence-electron chi connectivity index (χ3n) is 2.63. The molecule has 0 bridgehead atoms. The Kier molecular flexibility index (Phi) is 2.09. The quantitative estimate of drug-likeness (QED) is 0.720. The minimum absolute atomic E-state index is 0.556. The molecule has 0 saturated heterocycles. The second-order valence-electron chi connectivity index (χ2n) is 3.41. The van der Waals surface area contributed by atoms with Crippen LogP contribution >= 0.6 is 0 Å². The summed E-state index contributed by atoms with van der Waals surface area (Å²) in [7, 11) is 0. The van der Waals surface area contributed by atoms with Crippen molar-refractivity contribution in [3.05, 3.63) is 29.6 Å². The highest BCUT2D eigenvalue weighted by Crippen LogP contribution is 2.36. The van der Waals surface area contributed by atoms with Crippen molar-refractivity contribution in [3.8, 4) is 0 Å². The van der Waals surface area contributed by atoms with Crippen molar-refractivity contribution in [1.29, 1.82) is 0 Å². The Morgan fingerprint density at radius 2 is 2.33 bits per heavy atom. The van der Waals surface area contributed by atoms with E-state index >= 15 is 0 Å².